The normalized spacial score (nSPS) is 12.1. The van der Waals surface area contributed by atoms with Gasteiger partial charge in [0.05, 0.1) is 6.61 Å². The predicted octanol–water partition coefficient (Wildman–Crippen LogP) is 3.79. The first kappa shape index (κ1) is 14.5. The molecule has 0 radical (unpaired) electrons. The van der Waals surface area contributed by atoms with E-state index < -0.39 is 0 Å². The zero-order valence-corrected chi connectivity index (χ0v) is 11.8. The summed E-state index contributed by atoms with van der Waals surface area (Å²) in [6, 6.07) is 19.8. The van der Waals surface area contributed by atoms with E-state index >= 15 is 0 Å². The number of ether oxygens (including phenoxy) is 1. The zero-order chi connectivity index (χ0) is 14.2. The highest BCUT2D eigenvalue weighted by Crippen LogP contribution is 2.10. The highest BCUT2D eigenvalue weighted by Gasteiger charge is 2.17. The van der Waals surface area contributed by atoms with Gasteiger partial charge in [0.2, 0.25) is 0 Å². The monoisotopic (exact) mass is 268 g/mol. The lowest BCUT2D eigenvalue weighted by Crippen LogP contribution is -2.25. The number of ketones is 1. The standard InChI is InChI=1S/C18H20O2/c1-2-18(20-14-16-11-7-4-8-12-16)17(19)13-15-9-5-3-6-10-15/h3-12,18H,2,13-14H2,1H3. The summed E-state index contributed by atoms with van der Waals surface area (Å²) in [4.78, 5) is 12.2. The summed E-state index contributed by atoms with van der Waals surface area (Å²) >= 11 is 0. The van der Waals surface area contributed by atoms with Crippen LogP contribution in [-0.2, 0) is 22.6 Å². The SMILES string of the molecule is CCC(OCc1ccccc1)C(=O)Cc1ccccc1. The predicted molar refractivity (Wildman–Crippen MR) is 80.5 cm³/mol. The molecule has 0 heterocycles. The van der Waals surface area contributed by atoms with Crippen molar-refractivity contribution in [1.82, 2.24) is 0 Å². The maximum Gasteiger partial charge on any atom is 0.165 e. The van der Waals surface area contributed by atoms with Crippen molar-refractivity contribution in [2.24, 2.45) is 0 Å². The van der Waals surface area contributed by atoms with Gasteiger partial charge in [-0.3, -0.25) is 4.79 Å². The fourth-order valence-corrected chi connectivity index (χ4v) is 2.12. The second-order valence-electron chi connectivity index (χ2n) is 4.82. The number of carbonyl (C=O) groups excluding carboxylic acids is 1. The molecule has 0 saturated carbocycles. The summed E-state index contributed by atoms with van der Waals surface area (Å²) in [7, 11) is 0. The molecular weight excluding hydrogens is 248 g/mol. The van der Waals surface area contributed by atoms with Gasteiger partial charge in [0.15, 0.2) is 5.78 Å². The van der Waals surface area contributed by atoms with Gasteiger partial charge in [-0.15, -0.1) is 0 Å². The van der Waals surface area contributed by atoms with Crippen LogP contribution in [0.3, 0.4) is 0 Å². The number of hydrogen-bond donors (Lipinski definition) is 0. The van der Waals surface area contributed by atoms with Gasteiger partial charge in [0.25, 0.3) is 0 Å². The van der Waals surface area contributed by atoms with Gasteiger partial charge >= 0.3 is 0 Å². The van der Waals surface area contributed by atoms with E-state index in [1.165, 1.54) is 0 Å². The molecule has 0 aliphatic heterocycles. The number of rotatable bonds is 7. The summed E-state index contributed by atoms with van der Waals surface area (Å²) in [5.41, 5.74) is 2.14. The Morgan fingerprint density at radius 1 is 0.950 bits per heavy atom. The van der Waals surface area contributed by atoms with E-state index in [-0.39, 0.29) is 11.9 Å². The largest absolute Gasteiger partial charge is 0.366 e. The van der Waals surface area contributed by atoms with Gasteiger partial charge in [-0.05, 0) is 17.5 Å². The molecule has 1 atom stereocenters. The van der Waals surface area contributed by atoms with Crippen LogP contribution < -0.4 is 0 Å². The van der Waals surface area contributed by atoms with Crippen molar-refractivity contribution in [1.29, 1.82) is 0 Å². The third kappa shape index (κ3) is 4.32. The second-order valence-corrected chi connectivity index (χ2v) is 4.82. The van der Waals surface area contributed by atoms with Crippen LogP contribution in [0.15, 0.2) is 60.7 Å². The molecular formula is C18H20O2. The van der Waals surface area contributed by atoms with Gasteiger partial charge in [-0.2, -0.15) is 0 Å². The molecule has 20 heavy (non-hydrogen) atoms. The number of Topliss-reactive ketones (excluding diaryl/α,β-unsaturated/α-hetero) is 1. The van der Waals surface area contributed by atoms with E-state index in [2.05, 4.69) is 0 Å². The number of carbonyl (C=O) groups is 1. The summed E-state index contributed by atoms with van der Waals surface area (Å²) in [5.74, 6) is 0.148. The first-order valence-electron chi connectivity index (χ1n) is 7.01. The first-order valence-corrected chi connectivity index (χ1v) is 7.01. The smallest absolute Gasteiger partial charge is 0.165 e. The summed E-state index contributed by atoms with van der Waals surface area (Å²) in [5, 5.41) is 0. The van der Waals surface area contributed by atoms with Gasteiger partial charge in [0, 0.05) is 6.42 Å². The van der Waals surface area contributed by atoms with Crippen molar-refractivity contribution in [3.05, 3.63) is 71.8 Å². The Kier molecular flexibility index (Phi) is 5.51. The van der Waals surface area contributed by atoms with E-state index in [1.807, 2.05) is 67.6 Å². The zero-order valence-electron chi connectivity index (χ0n) is 11.8. The summed E-state index contributed by atoms with van der Waals surface area (Å²) in [6.45, 7) is 2.47. The fourth-order valence-electron chi connectivity index (χ4n) is 2.12. The van der Waals surface area contributed by atoms with Crippen LogP contribution >= 0.6 is 0 Å². The molecule has 104 valence electrons. The molecule has 0 fully saturated rings. The van der Waals surface area contributed by atoms with Crippen LogP contribution in [0.4, 0.5) is 0 Å². The molecule has 0 amide bonds. The van der Waals surface area contributed by atoms with Crippen LogP contribution in [0, 0.1) is 0 Å². The summed E-state index contributed by atoms with van der Waals surface area (Å²) in [6.07, 6.45) is 0.822. The van der Waals surface area contributed by atoms with Crippen LogP contribution in [0.2, 0.25) is 0 Å². The van der Waals surface area contributed by atoms with Crippen LogP contribution in [0.25, 0.3) is 0 Å². The van der Waals surface area contributed by atoms with Crippen LogP contribution in [0.1, 0.15) is 24.5 Å². The van der Waals surface area contributed by atoms with E-state index in [1.54, 1.807) is 0 Å². The molecule has 0 aromatic heterocycles. The lowest BCUT2D eigenvalue weighted by Gasteiger charge is -2.15. The Hall–Kier alpha value is -1.93. The van der Waals surface area contributed by atoms with Gasteiger partial charge < -0.3 is 4.74 Å². The Morgan fingerprint density at radius 2 is 1.50 bits per heavy atom. The minimum atomic E-state index is -0.324. The minimum absolute atomic E-state index is 0.148. The maximum atomic E-state index is 12.2. The molecule has 2 heteroatoms. The highest BCUT2D eigenvalue weighted by atomic mass is 16.5. The molecule has 0 aliphatic carbocycles. The van der Waals surface area contributed by atoms with E-state index in [0.29, 0.717) is 19.4 Å². The minimum Gasteiger partial charge on any atom is -0.366 e. The van der Waals surface area contributed by atoms with Gasteiger partial charge in [0.1, 0.15) is 6.10 Å². The quantitative estimate of drug-likeness (QED) is 0.763. The first-order chi connectivity index (χ1) is 9.79. The van der Waals surface area contributed by atoms with Crippen LogP contribution in [0.5, 0.6) is 0 Å². The van der Waals surface area contributed by atoms with Crippen molar-refractivity contribution in [2.75, 3.05) is 0 Å². The van der Waals surface area contributed by atoms with Gasteiger partial charge in [-0.25, -0.2) is 0 Å². The Morgan fingerprint density at radius 3 is 2.05 bits per heavy atom. The Balaban J connectivity index is 1.89. The lowest BCUT2D eigenvalue weighted by molar-refractivity contribution is -0.130. The Labute approximate surface area is 120 Å². The third-order valence-electron chi connectivity index (χ3n) is 3.25. The van der Waals surface area contributed by atoms with Crippen molar-refractivity contribution < 1.29 is 9.53 Å². The topological polar surface area (TPSA) is 26.3 Å². The molecule has 0 aliphatic rings. The molecule has 1 unspecified atom stereocenters. The van der Waals surface area contributed by atoms with E-state index in [4.69, 9.17) is 4.74 Å². The number of hydrogen-bond acceptors (Lipinski definition) is 2. The van der Waals surface area contributed by atoms with Crippen molar-refractivity contribution in [2.45, 2.75) is 32.5 Å². The fraction of sp³-hybridized carbons (Fsp3) is 0.278. The van der Waals surface area contributed by atoms with Gasteiger partial charge in [-0.1, -0.05) is 67.6 Å². The Bertz CT molecular complexity index is 520. The molecule has 2 aromatic rings. The molecule has 0 N–H and O–H groups in total. The maximum absolute atomic E-state index is 12.2. The average molecular weight is 268 g/mol. The highest BCUT2D eigenvalue weighted by molar-refractivity contribution is 5.85. The third-order valence-corrected chi connectivity index (χ3v) is 3.25. The van der Waals surface area contributed by atoms with Crippen molar-refractivity contribution in [3.63, 3.8) is 0 Å². The van der Waals surface area contributed by atoms with E-state index in [9.17, 15) is 4.79 Å². The molecule has 2 nitrogen and oxygen atoms in total. The lowest BCUT2D eigenvalue weighted by atomic mass is 10.0. The van der Waals surface area contributed by atoms with Crippen LogP contribution in [-0.4, -0.2) is 11.9 Å². The second kappa shape index (κ2) is 7.61. The van der Waals surface area contributed by atoms with Crippen molar-refractivity contribution in [3.8, 4) is 0 Å². The average Bonchev–Trinajstić information content (AvgIpc) is 2.50. The molecule has 2 aromatic carbocycles. The van der Waals surface area contributed by atoms with E-state index in [0.717, 1.165) is 11.1 Å². The molecule has 0 bridgehead atoms. The number of benzene rings is 2. The molecule has 0 saturated heterocycles. The molecule has 2 rings (SSSR count). The molecule has 0 spiro atoms. The summed E-state index contributed by atoms with van der Waals surface area (Å²) < 4.78 is 5.76. The van der Waals surface area contributed by atoms with Crippen molar-refractivity contribution >= 4 is 5.78 Å².